The molecule has 0 atom stereocenters. The number of hydrogen-bond donors (Lipinski definition) is 1. The number of anilines is 1. The Morgan fingerprint density at radius 2 is 1.44 bits per heavy atom. The summed E-state index contributed by atoms with van der Waals surface area (Å²) in [6.45, 7) is 1.23. The summed E-state index contributed by atoms with van der Waals surface area (Å²) in [7, 11) is -7.61. The minimum atomic E-state index is -3.92. The van der Waals surface area contributed by atoms with Crippen molar-refractivity contribution in [3.63, 3.8) is 0 Å². The average Bonchev–Trinajstić information content (AvgIpc) is 3.39. The van der Waals surface area contributed by atoms with E-state index >= 15 is 0 Å². The SMILES string of the molecule is O=S(=O)(Nc1ccc2c(c1)OC1(CCCC1)O2)c1ccc(S(=O)(=O)N2CCOCC2)cc1. The summed E-state index contributed by atoms with van der Waals surface area (Å²) >= 11 is 0. The molecule has 172 valence electrons. The van der Waals surface area contributed by atoms with Crippen LogP contribution in [0.1, 0.15) is 25.7 Å². The molecule has 9 nitrogen and oxygen atoms in total. The third-order valence-electron chi connectivity index (χ3n) is 5.90. The summed E-state index contributed by atoms with van der Waals surface area (Å²) in [5.41, 5.74) is 0.340. The van der Waals surface area contributed by atoms with Crippen LogP contribution in [0, 0.1) is 0 Å². The summed E-state index contributed by atoms with van der Waals surface area (Å²) in [5.74, 6) is 0.494. The molecule has 2 fully saturated rings. The quantitative estimate of drug-likeness (QED) is 0.700. The predicted octanol–water partition coefficient (Wildman–Crippen LogP) is 2.55. The van der Waals surface area contributed by atoms with Crippen LogP contribution in [-0.4, -0.2) is 53.2 Å². The van der Waals surface area contributed by atoms with Gasteiger partial charge in [0.05, 0.1) is 28.7 Å². The molecular weight excluding hydrogens is 456 g/mol. The Morgan fingerprint density at radius 1 is 0.812 bits per heavy atom. The van der Waals surface area contributed by atoms with Crippen molar-refractivity contribution in [1.82, 2.24) is 4.31 Å². The third kappa shape index (κ3) is 3.94. The van der Waals surface area contributed by atoms with E-state index in [2.05, 4.69) is 4.72 Å². The molecule has 1 saturated heterocycles. The van der Waals surface area contributed by atoms with Gasteiger partial charge in [0.2, 0.25) is 10.0 Å². The number of benzene rings is 2. The zero-order valence-corrected chi connectivity index (χ0v) is 19.0. The monoisotopic (exact) mass is 480 g/mol. The summed E-state index contributed by atoms with van der Waals surface area (Å²) in [6.07, 6.45) is 3.68. The molecule has 0 aromatic heterocycles. The second-order valence-electron chi connectivity index (χ2n) is 8.08. The van der Waals surface area contributed by atoms with Crippen LogP contribution in [0.4, 0.5) is 5.69 Å². The van der Waals surface area contributed by atoms with Gasteiger partial charge in [0.25, 0.3) is 15.8 Å². The number of nitrogens with zero attached hydrogens (tertiary/aromatic N) is 1. The van der Waals surface area contributed by atoms with Crippen molar-refractivity contribution in [3.05, 3.63) is 42.5 Å². The van der Waals surface area contributed by atoms with Crippen molar-refractivity contribution in [2.45, 2.75) is 41.3 Å². The molecule has 5 rings (SSSR count). The Balaban J connectivity index is 1.32. The highest BCUT2D eigenvalue weighted by Gasteiger charge is 2.44. The van der Waals surface area contributed by atoms with Crippen LogP contribution in [0.15, 0.2) is 52.3 Å². The van der Waals surface area contributed by atoms with E-state index in [1.807, 2.05) is 0 Å². The minimum absolute atomic E-state index is 0.0386. The molecule has 1 spiro atoms. The lowest BCUT2D eigenvalue weighted by molar-refractivity contribution is -0.0716. The lowest BCUT2D eigenvalue weighted by Gasteiger charge is -2.26. The Hall–Kier alpha value is -2.34. The van der Waals surface area contributed by atoms with E-state index < -0.39 is 25.8 Å². The largest absolute Gasteiger partial charge is 0.448 e. The molecule has 11 heteroatoms. The maximum Gasteiger partial charge on any atom is 0.261 e. The molecule has 32 heavy (non-hydrogen) atoms. The van der Waals surface area contributed by atoms with Gasteiger partial charge in [-0.3, -0.25) is 4.72 Å². The fraction of sp³-hybridized carbons (Fsp3) is 0.429. The number of ether oxygens (including phenoxy) is 3. The normalized spacial score (nSPS) is 20.5. The second kappa shape index (κ2) is 7.91. The lowest BCUT2D eigenvalue weighted by Crippen LogP contribution is -2.40. The number of hydrogen-bond acceptors (Lipinski definition) is 7. The molecule has 2 aromatic rings. The standard InChI is InChI=1S/C21H24N2O7S2/c24-31(25,17-4-6-18(7-5-17)32(26,27)23-11-13-28-14-12-23)22-16-3-8-19-20(15-16)30-21(29-19)9-1-2-10-21/h3-8,15,22H,1-2,9-14H2. The van der Waals surface area contributed by atoms with Gasteiger partial charge < -0.3 is 14.2 Å². The highest BCUT2D eigenvalue weighted by atomic mass is 32.2. The maximum atomic E-state index is 12.9. The molecular formula is C21H24N2O7S2. The van der Waals surface area contributed by atoms with Gasteiger partial charge in [0.1, 0.15) is 0 Å². The zero-order chi connectivity index (χ0) is 22.4. The first-order valence-corrected chi connectivity index (χ1v) is 13.4. The Bertz CT molecular complexity index is 1220. The number of fused-ring (bicyclic) bond motifs is 1. The van der Waals surface area contributed by atoms with Gasteiger partial charge in [-0.25, -0.2) is 16.8 Å². The maximum absolute atomic E-state index is 12.9. The number of nitrogens with one attached hydrogen (secondary N) is 1. The van der Waals surface area contributed by atoms with Crippen LogP contribution in [0.25, 0.3) is 0 Å². The summed E-state index contributed by atoms with van der Waals surface area (Å²) in [5, 5.41) is 0. The second-order valence-corrected chi connectivity index (χ2v) is 11.7. The van der Waals surface area contributed by atoms with Gasteiger partial charge >= 0.3 is 0 Å². The highest BCUT2D eigenvalue weighted by molar-refractivity contribution is 7.92. The molecule has 0 radical (unpaired) electrons. The summed E-state index contributed by atoms with van der Waals surface area (Å²) in [4.78, 5) is 0.00616. The Labute approximate surface area is 187 Å². The van der Waals surface area contributed by atoms with Crippen LogP contribution in [-0.2, 0) is 24.8 Å². The van der Waals surface area contributed by atoms with Crippen molar-refractivity contribution in [2.75, 3.05) is 31.0 Å². The third-order valence-corrected chi connectivity index (χ3v) is 9.21. The average molecular weight is 481 g/mol. The van der Waals surface area contributed by atoms with E-state index in [0.29, 0.717) is 30.4 Å². The first-order valence-electron chi connectivity index (χ1n) is 10.5. The van der Waals surface area contributed by atoms with Gasteiger partial charge in [-0.15, -0.1) is 0 Å². The highest BCUT2D eigenvalue weighted by Crippen LogP contribution is 2.47. The van der Waals surface area contributed by atoms with Crippen LogP contribution in [0.5, 0.6) is 11.5 Å². The molecule has 1 saturated carbocycles. The Kier molecular flexibility index (Phi) is 5.31. The van der Waals surface area contributed by atoms with E-state index in [4.69, 9.17) is 14.2 Å². The van der Waals surface area contributed by atoms with E-state index in [9.17, 15) is 16.8 Å². The van der Waals surface area contributed by atoms with Gasteiger partial charge in [-0.1, -0.05) is 0 Å². The molecule has 2 aromatic carbocycles. The van der Waals surface area contributed by atoms with Crippen molar-refractivity contribution in [3.8, 4) is 11.5 Å². The molecule has 0 amide bonds. The van der Waals surface area contributed by atoms with Crippen molar-refractivity contribution in [2.24, 2.45) is 0 Å². The van der Waals surface area contributed by atoms with Gasteiger partial charge in [0, 0.05) is 32.0 Å². The van der Waals surface area contributed by atoms with Crippen LogP contribution < -0.4 is 14.2 Å². The number of sulfonamides is 2. The minimum Gasteiger partial charge on any atom is -0.448 e. The lowest BCUT2D eigenvalue weighted by atomic mass is 10.2. The van der Waals surface area contributed by atoms with Crippen LogP contribution in [0.3, 0.4) is 0 Å². The molecule has 1 aliphatic carbocycles. The van der Waals surface area contributed by atoms with Crippen molar-refractivity contribution < 1.29 is 31.0 Å². The van der Waals surface area contributed by atoms with E-state index in [-0.39, 0.29) is 22.9 Å². The van der Waals surface area contributed by atoms with Gasteiger partial charge in [-0.2, -0.15) is 4.31 Å². The van der Waals surface area contributed by atoms with E-state index in [0.717, 1.165) is 25.7 Å². The van der Waals surface area contributed by atoms with Crippen molar-refractivity contribution >= 4 is 25.7 Å². The molecule has 0 unspecified atom stereocenters. The Morgan fingerprint density at radius 3 is 2.12 bits per heavy atom. The molecule has 2 heterocycles. The van der Waals surface area contributed by atoms with Crippen LogP contribution >= 0.6 is 0 Å². The summed E-state index contributed by atoms with van der Waals surface area (Å²) < 4.78 is 72.2. The molecule has 3 aliphatic rings. The fourth-order valence-corrected chi connectivity index (χ4v) is 6.67. The molecule has 2 aliphatic heterocycles. The topological polar surface area (TPSA) is 111 Å². The van der Waals surface area contributed by atoms with Gasteiger partial charge in [-0.05, 0) is 49.2 Å². The van der Waals surface area contributed by atoms with Gasteiger partial charge in [0.15, 0.2) is 11.5 Å². The van der Waals surface area contributed by atoms with Crippen LogP contribution in [0.2, 0.25) is 0 Å². The predicted molar refractivity (Wildman–Crippen MR) is 116 cm³/mol. The van der Waals surface area contributed by atoms with E-state index in [1.54, 1.807) is 18.2 Å². The first-order chi connectivity index (χ1) is 15.3. The molecule has 1 N–H and O–H groups in total. The molecule has 0 bridgehead atoms. The fourth-order valence-electron chi connectivity index (χ4n) is 4.22. The van der Waals surface area contributed by atoms with E-state index in [1.165, 1.54) is 28.6 Å². The number of morpholine rings is 1. The van der Waals surface area contributed by atoms with Crippen molar-refractivity contribution in [1.29, 1.82) is 0 Å². The number of rotatable bonds is 5. The smallest absolute Gasteiger partial charge is 0.261 e. The summed E-state index contributed by atoms with van der Waals surface area (Å²) in [6, 6.07) is 10.1. The zero-order valence-electron chi connectivity index (χ0n) is 17.3. The first kappa shape index (κ1) is 21.5.